The molecular weight excluding hydrogens is 184 g/mol. The zero-order chi connectivity index (χ0) is 10.8. The zero-order valence-corrected chi connectivity index (χ0v) is 9.61. The molecule has 0 radical (unpaired) electrons. The van der Waals surface area contributed by atoms with Gasteiger partial charge in [0.1, 0.15) is 0 Å². The fourth-order valence-corrected chi connectivity index (χ4v) is 2.30. The lowest BCUT2D eigenvalue weighted by molar-refractivity contribution is 0.534. The van der Waals surface area contributed by atoms with Crippen molar-refractivity contribution in [1.29, 1.82) is 0 Å². The number of para-hydroxylation sites is 1. The van der Waals surface area contributed by atoms with E-state index in [0.29, 0.717) is 6.04 Å². The number of rotatable bonds is 2. The van der Waals surface area contributed by atoms with E-state index < -0.39 is 0 Å². The molecule has 2 unspecified atom stereocenters. The van der Waals surface area contributed by atoms with E-state index >= 15 is 0 Å². The van der Waals surface area contributed by atoms with Crippen molar-refractivity contribution in [2.45, 2.75) is 38.8 Å². The number of benzene rings is 1. The van der Waals surface area contributed by atoms with Crippen molar-refractivity contribution in [3.05, 3.63) is 29.8 Å². The van der Waals surface area contributed by atoms with Crippen LogP contribution in [0.2, 0.25) is 0 Å². The first-order valence-electron chi connectivity index (χ1n) is 5.82. The molecule has 0 aliphatic carbocycles. The van der Waals surface area contributed by atoms with Crippen molar-refractivity contribution in [3.8, 4) is 0 Å². The second-order valence-corrected chi connectivity index (χ2v) is 4.50. The maximum absolute atomic E-state index is 6.09. The van der Waals surface area contributed by atoms with Crippen molar-refractivity contribution < 1.29 is 0 Å². The Kier molecular flexibility index (Phi) is 2.96. The lowest BCUT2D eigenvalue weighted by atomic mass is 9.97. The van der Waals surface area contributed by atoms with E-state index in [1.54, 1.807) is 0 Å². The molecule has 1 aromatic carbocycles. The van der Waals surface area contributed by atoms with Crippen LogP contribution in [0.4, 0.5) is 5.69 Å². The Labute approximate surface area is 92.1 Å². The highest BCUT2D eigenvalue weighted by atomic mass is 15.2. The van der Waals surface area contributed by atoms with Gasteiger partial charge in [0.25, 0.3) is 0 Å². The molecule has 1 aromatic rings. The summed E-state index contributed by atoms with van der Waals surface area (Å²) in [5.41, 5.74) is 8.87. The summed E-state index contributed by atoms with van der Waals surface area (Å²) in [6.07, 6.45) is 2.18. The van der Waals surface area contributed by atoms with Crippen molar-refractivity contribution in [2.24, 2.45) is 5.73 Å². The second-order valence-electron chi connectivity index (χ2n) is 4.50. The maximum Gasteiger partial charge on any atom is 0.0402 e. The predicted octanol–water partition coefficient (Wildman–Crippen LogP) is 2.17. The average molecular weight is 204 g/mol. The Morgan fingerprint density at radius 1 is 1.47 bits per heavy atom. The van der Waals surface area contributed by atoms with Gasteiger partial charge in [0.2, 0.25) is 0 Å². The summed E-state index contributed by atoms with van der Waals surface area (Å²) in [5.74, 6) is 0. The standard InChI is InChI=1S/C13H20N2/c1-3-10(2)15-9-12(14)8-11-6-4-5-7-13(11)15/h4-7,10,12H,3,8-9,14H2,1-2H3. The van der Waals surface area contributed by atoms with E-state index in [0.717, 1.165) is 13.0 Å². The van der Waals surface area contributed by atoms with E-state index in [9.17, 15) is 0 Å². The van der Waals surface area contributed by atoms with Gasteiger partial charge in [-0.05, 0) is 31.4 Å². The molecule has 2 heteroatoms. The van der Waals surface area contributed by atoms with Gasteiger partial charge in [-0.3, -0.25) is 0 Å². The third kappa shape index (κ3) is 2.00. The zero-order valence-electron chi connectivity index (χ0n) is 9.61. The van der Waals surface area contributed by atoms with Crippen LogP contribution in [0.1, 0.15) is 25.8 Å². The number of nitrogens with two attached hydrogens (primary N) is 1. The first kappa shape index (κ1) is 10.5. The number of hydrogen-bond acceptors (Lipinski definition) is 2. The molecule has 1 aliphatic heterocycles. The molecule has 0 aromatic heterocycles. The third-order valence-electron chi connectivity index (χ3n) is 3.34. The van der Waals surface area contributed by atoms with Crippen molar-refractivity contribution in [1.82, 2.24) is 0 Å². The van der Waals surface area contributed by atoms with Crippen LogP contribution >= 0.6 is 0 Å². The minimum atomic E-state index is 0.286. The summed E-state index contributed by atoms with van der Waals surface area (Å²) in [5, 5.41) is 0. The van der Waals surface area contributed by atoms with Crippen LogP contribution < -0.4 is 10.6 Å². The van der Waals surface area contributed by atoms with Crippen molar-refractivity contribution >= 4 is 5.69 Å². The summed E-state index contributed by atoms with van der Waals surface area (Å²) in [4.78, 5) is 2.45. The molecule has 1 heterocycles. The largest absolute Gasteiger partial charge is 0.367 e. The topological polar surface area (TPSA) is 29.3 Å². The van der Waals surface area contributed by atoms with Crippen LogP contribution in [0.15, 0.2) is 24.3 Å². The minimum Gasteiger partial charge on any atom is -0.367 e. The molecule has 82 valence electrons. The lowest BCUT2D eigenvalue weighted by Crippen LogP contribution is -2.47. The fourth-order valence-electron chi connectivity index (χ4n) is 2.30. The SMILES string of the molecule is CCC(C)N1CC(N)Cc2ccccc21. The number of fused-ring (bicyclic) bond motifs is 1. The number of anilines is 1. The predicted molar refractivity (Wildman–Crippen MR) is 65.2 cm³/mol. The molecule has 2 rings (SSSR count). The van der Waals surface area contributed by atoms with Crippen LogP contribution in [0.25, 0.3) is 0 Å². The smallest absolute Gasteiger partial charge is 0.0402 e. The van der Waals surface area contributed by atoms with Crippen molar-refractivity contribution in [3.63, 3.8) is 0 Å². The number of hydrogen-bond donors (Lipinski definition) is 1. The van der Waals surface area contributed by atoms with Crippen LogP contribution in [0.3, 0.4) is 0 Å². The second kappa shape index (κ2) is 4.23. The molecule has 2 atom stereocenters. The molecule has 1 aliphatic rings. The van der Waals surface area contributed by atoms with Gasteiger partial charge in [0.05, 0.1) is 0 Å². The minimum absolute atomic E-state index is 0.286. The third-order valence-corrected chi connectivity index (χ3v) is 3.34. The van der Waals surface area contributed by atoms with Gasteiger partial charge in [-0.1, -0.05) is 25.1 Å². The Balaban J connectivity index is 2.34. The van der Waals surface area contributed by atoms with Gasteiger partial charge >= 0.3 is 0 Å². The molecule has 15 heavy (non-hydrogen) atoms. The Morgan fingerprint density at radius 2 is 2.20 bits per heavy atom. The molecule has 0 amide bonds. The number of nitrogens with zero attached hydrogens (tertiary/aromatic N) is 1. The van der Waals surface area contributed by atoms with E-state index in [2.05, 4.69) is 43.0 Å². The summed E-state index contributed by atoms with van der Waals surface area (Å²) in [7, 11) is 0. The van der Waals surface area contributed by atoms with Gasteiger partial charge in [0, 0.05) is 24.3 Å². The first-order chi connectivity index (χ1) is 7.22. The molecule has 2 N–H and O–H groups in total. The van der Waals surface area contributed by atoms with E-state index in [4.69, 9.17) is 5.73 Å². The Morgan fingerprint density at radius 3 is 2.93 bits per heavy atom. The van der Waals surface area contributed by atoms with Gasteiger partial charge in [-0.25, -0.2) is 0 Å². The van der Waals surface area contributed by atoms with Gasteiger partial charge in [-0.15, -0.1) is 0 Å². The Hall–Kier alpha value is -1.02. The average Bonchev–Trinajstić information content (AvgIpc) is 2.26. The lowest BCUT2D eigenvalue weighted by Gasteiger charge is -2.38. The van der Waals surface area contributed by atoms with E-state index in [1.807, 2.05) is 0 Å². The molecule has 0 saturated heterocycles. The summed E-state index contributed by atoms with van der Waals surface area (Å²) in [6.45, 7) is 5.49. The molecule has 0 saturated carbocycles. The highest BCUT2D eigenvalue weighted by Gasteiger charge is 2.24. The van der Waals surface area contributed by atoms with Crippen LogP contribution in [-0.2, 0) is 6.42 Å². The van der Waals surface area contributed by atoms with Gasteiger partial charge in [-0.2, -0.15) is 0 Å². The Bertz CT molecular complexity index is 335. The molecule has 0 bridgehead atoms. The van der Waals surface area contributed by atoms with Crippen LogP contribution in [0.5, 0.6) is 0 Å². The highest BCUT2D eigenvalue weighted by molar-refractivity contribution is 5.56. The molecule has 0 fully saturated rings. The summed E-state index contributed by atoms with van der Waals surface area (Å²) < 4.78 is 0. The summed E-state index contributed by atoms with van der Waals surface area (Å²) >= 11 is 0. The quantitative estimate of drug-likeness (QED) is 0.800. The van der Waals surface area contributed by atoms with E-state index in [-0.39, 0.29) is 6.04 Å². The highest BCUT2D eigenvalue weighted by Crippen LogP contribution is 2.28. The fraction of sp³-hybridized carbons (Fsp3) is 0.538. The normalized spacial score (nSPS) is 22.3. The first-order valence-corrected chi connectivity index (χ1v) is 5.82. The molecule has 0 spiro atoms. The summed E-state index contributed by atoms with van der Waals surface area (Å²) in [6, 6.07) is 9.50. The van der Waals surface area contributed by atoms with Gasteiger partial charge < -0.3 is 10.6 Å². The van der Waals surface area contributed by atoms with Crippen LogP contribution in [-0.4, -0.2) is 18.6 Å². The van der Waals surface area contributed by atoms with Crippen molar-refractivity contribution in [2.75, 3.05) is 11.4 Å². The van der Waals surface area contributed by atoms with Gasteiger partial charge in [0.15, 0.2) is 0 Å². The monoisotopic (exact) mass is 204 g/mol. The maximum atomic E-state index is 6.09. The van der Waals surface area contributed by atoms with Crippen LogP contribution in [0, 0.1) is 0 Å². The van der Waals surface area contributed by atoms with E-state index in [1.165, 1.54) is 17.7 Å². The molecule has 2 nitrogen and oxygen atoms in total. The molecular formula is C13H20N2.